The van der Waals surface area contributed by atoms with Gasteiger partial charge in [0.2, 0.25) is 0 Å². The van der Waals surface area contributed by atoms with E-state index in [1.807, 2.05) is 0 Å². The highest BCUT2D eigenvalue weighted by Crippen LogP contribution is 2.25. The molecule has 1 fully saturated rings. The first kappa shape index (κ1) is 13.9. The van der Waals surface area contributed by atoms with E-state index >= 15 is 0 Å². The third-order valence-electron chi connectivity index (χ3n) is 1.36. The zero-order chi connectivity index (χ0) is 6.91. The average molecular weight is 209 g/mol. The number of alkyl halides is 2. The van der Waals surface area contributed by atoms with Gasteiger partial charge in [0.1, 0.15) is 0 Å². The van der Waals surface area contributed by atoms with Crippen molar-refractivity contribution in [3.63, 3.8) is 0 Å². The van der Waals surface area contributed by atoms with Gasteiger partial charge in [-0.1, -0.05) is 0 Å². The fourth-order valence-corrected chi connectivity index (χ4v) is 0.949. The molecule has 0 radical (unpaired) electrons. The van der Waals surface area contributed by atoms with E-state index in [0.29, 0.717) is 13.1 Å². The molecule has 1 heterocycles. The highest BCUT2D eigenvalue weighted by Gasteiger charge is 2.42. The summed E-state index contributed by atoms with van der Waals surface area (Å²) in [6.45, 7) is 0.847. The van der Waals surface area contributed by atoms with Gasteiger partial charge in [-0.2, -0.15) is 0 Å². The Hall–Kier alpha value is 0.360. The van der Waals surface area contributed by atoms with Crippen LogP contribution in [0.3, 0.4) is 0 Å². The summed E-state index contributed by atoms with van der Waals surface area (Å²) in [6, 6.07) is 0. The molecule has 0 bridgehead atoms. The third kappa shape index (κ3) is 4.06. The molecule has 0 unspecified atom stereocenters. The lowest BCUT2D eigenvalue weighted by Crippen LogP contribution is -2.57. The van der Waals surface area contributed by atoms with Gasteiger partial charge in [-0.05, 0) is 0 Å². The van der Waals surface area contributed by atoms with E-state index in [4.69, 9.17) is 5.73 Å². The van der Waals surface area contributed by atoms with Gasteiger partial charge in [0.15, 0.2) is 0 Å². The summed E-state index contributed by atoms with van der Waals surface area (Å²) in [7, 11) is 0. The normalized spacial score (nSPS) is 21.0. The van der Waals surface area contributed by atoms with E-state index < -0.39 is 5.92 Å². The molecule has 0 spiro atoms. The van der Waals surface area contributed by atoms with E-state index in [0.717, 1.165) is 0 Å². The van der Waals surface area contributed by atoms with Crippen molar-refractivity contribution in [1.29, 1.82) is 0 Å². The van der Waals surface area contributed by atoms with Crippen LogP contribution in [0.5, 0.6) is 0 Å². The van der Waals surface area contributed by atoms with Gasteiger partial charge in [-0.15, -0.1) is 24.8 Å². The number of hydrogen-bond donors (Lipinski definition) is 1. The molecule has 1 rings (SSSR count). The predicted molar refractivity (Wildman–Crippen MR) is 44.9 cm³/mol. The topological polar surface area (TPSA) is 29.3 Å². The Morgan fingerprint density at radius 1 is 1.27 bits per heavy atom. The van der Waals surface area contributed by atoms with Crippen molar-refractivity contribution >= 4 is 24.8 Å². The van der Waals surface area contributed by atoms with Crippen molar-refractivity contribution in [2.45, 2.75) is 5.92 Å². The summed E-state index contributed by atoms with van der Waals surface area (Å²) in [5, 5.41) is 0. The Balaban J connectivity index is 0. The monoisotopic (exact) mass is 208 g/mol. The lowest BCUT2D eigenvalue weighted by molar-refractivity contribution is -0.128. The molecule has 2 N–H and O–H groups in total. The van der Waals surface area contributed by atoms with Gasteiger partial charge in [-0.3, -0.25) is 4.90 Å². The molecule has 2 nitrogen and oxygen atoms in total. The molecule has 1 aliphatic rings. The highest BCUT2D eigenvalue weighted by molar-refractivity contribution is 5.85. The number of rotatable bonds is 2. The maximum Gasteiger partial charge on any atom is 0.272 e. The van der Waals surface area contributed by atoms with Crippen LogP contribution in [-0.2, 0) is 0 Å². The number of halogens is 4. The van der Waals surface area contributed by atoms with Crippen LogP contribution in [0.2, 0.25) is 0 Å². The maximum atomic E-state index is 12.0. The van der Waals surface area contributed by atoms with Crippen molar-refractivity contribution < 1.29 is 8.78 Å². The number of likely N-dealkylation sites (tertiary alicyclic amines) is 1. The lowest BCUT2D eigenvalue weighted by Gasteiger charge is -2.38. The maximum absolute atomic E-state index is 12.0. The Labute approximate surface area is 76.9 Å². The van der Waals surface area contributed by atoms with E-state index in [1.54, 1.807) is 4.90 Å². The quantitative estimate of drug-likeness (QED) is 0.726. The average Bonchev–Trinajstić information content (AvgIpc) is 1.62. The fourth-order valence-electron chi connectivity index (χ4n) is 0.949. The molecule has 0 aliphatic carbocycles. The molecule has 1 saturated heterocycles. The van der Waals surface area contributed by atoms with Crippen molar-refractivity contribution in [1.82, 2.24) is 4.90 Å². The molecule has 11 heavy (non-hydrogen) atoms. The summed E-state index contributed by atoms with van der Waals surface area (Å²) < 4.78 is 24.1. The Bertz CT molecular complexity index is 105. The molecular weight excluding hydrogens is 197 g/mol. The Kier molecular flexibility index (Phi) is 6.43. The summed E-state index contributed by atoms with van der Waals surface area (Å²) in [6.07, 6.45) is 0. The fraction of sp³-hybridized carbons (Fsp3) is 1.00. The van der Waals surface area contributed by atoms with Gasteiger partial charge in [0.25, 0.3) is 5.92 Å². The Morgan fingerprint density at radius 3 is 2.00 bits per heavy atom. The third-order valence-corrected chi connectivity index (χ3v) is 1.36. The summed E-state index contributed by atoms with van der Waals surface area (Å²) in [5.74, 6) is -2.44. The van der Waals surface area contributed by atoms with Crippen LogP contribution in [0, 0.1) is 0 Å². The number of hydrogen-bond acceptors (Lipinski definition) is 2. The lowest BCUT2D eigenvalue weighted by atomic mass is 10.1. The van der Waals surface area contributed by atoms with Crippen LogP contribution >= 0.6 is 24.8 Å². The molecule has 0 saturated carbocycles. The van der Waals surface area contributed by atoms with Gasteiger partial charge in [0, 0.05) is 13.1 Å². The molecule has 0 aromatic rings. The molecule has 1 aliphatic heterocycles. The second-order valence-electron chi connectivity index (χ2n) is 2.36. The van der Waals surface area contributed by atoms with E-state index in [9.17, 15) is 8.78 Å². The van der Waals surface area contributed by atoms with Crippen LogP contribution in [0.4, 0.5) is 8.78 Å². The van der Waals surface area contributed by atoms with Crippen LogP contribution < -0.4 is 5.73 Å². The molecule has 0 atom stereocenters. The Morgan fingerprint density at radius 2 is 1.73 bits per heavy atom. The van der Waals surface area contributed by atoms with Crippen LogP contribution in [0.25, 0.3) is 0 Å². The van der Waals surface area contributed by atoms with Gasteiger partial charge in [0.05, 0.1) is 13.1 Å². The molecule has 6 heteroatoms. The van der Waals surface area contributed by atoms with E-state index in [-0.39, 0.29) is 37.9 Å². The van der Waals surface area contributed by atoms with Crippen molar-refractivity contribution in [3.05, 3.63) is 0 Å². The number of nitrogens with two attached hydrogens (primary N) is 1. The van der Waals surface area contributed by atoms with Gasteiger partial charge >= 0.3 is 0 Å². The molecule has 0 aromatic heterocycles. The molecule has 0 amide bonds. The first-order chi connectivity index (χ1) is 4.14. The molecular formula is C5H12Cl2F2N2. The second kappa shape index (κ2) is 5.09. The van der Waals surface area contributed by atoms with Crippen LogP contribution in [0.15, 0.2) is 0 Å². The summed E-state index contributed by atoms with van der Waals surface area (Å²) in [4.78, 5) is 1.64. The largest absolute Gasteiger partial charge is 0.329 e. The standard InChI is InChI=1S/C5H10F2N2.2ClH/c6-5(7)3-9(4-5)2-1-8;;/h1-4,8H2;2*1H. The molecule has 70 valence electrons. The van der Waals surface area contributed by atoms with Crippen LogP contribution in [0.1, 0.15) is 0 Å². The minimum atomic E-state index is -2.44. The SMILES string of the molecule is Cl.Cl.NCCN1CC(F)(F)C1. The van der Waals surface area contributed by atoms with Crippen molar-refractivity contribution in [2.24, 2.45) is 5.73 Å². The smallest absolute Gasteiger partial charge is 0.272 e. The van der Waals surface area contributed by atoms with Crippen molar-refractivity contribution in [3.8, 4) is 0 Å². The predicted octanol–water partition coefficient (Wildman–Crippen LogP) is 0.740. The van der Waals surface area contributed by atoms with E-state index in [1.165, 1.54) is 0 Å². The first-order valence-electron chi connectivity index (χ1n) is 2.94. The van der Waals surface area contributed by atoms with E-state index in [2.05, 4.69) is 0 Å². The molecule has 0 aromatic carbocycles. The first-order valence-corrected chi connectivity index (χ1v) is 2.94. The number of nitrogens with zero attached hydrogens (tertiary/aromatic N) is 1. The minimum absolute atomic E-state index is 0. The van der Waals surface area contributed by atoms with Crippen molar-refractivity contribution in [2.75, 3.05) is 26.2 Å². The highest BCUT2D eigenvalue weighted by atomic mass is 35.5. The van der Waals surface area contributed by atoms with Gasteiger partial charge in [-0.25, -0.2) is 8.78 Å². The summed E-state index contributed by atoms with van der Waals surface area (Å²) >= 11 is 0. The zero-order valence-electron chi connectivity index (χ0n) is 5.93. The second-order valence-corrected chi connectivity index (χ2v) is 2.36. The van der Waals surface area contributed by atoms with Gasteiger partial charge < -0.3 is 5.73 Å². The minimum Gasteiger partial charge on any atom is -0.329 e. The zero-order valence-corrected chi connectivity index (χ0v) is 7.56. The van der Waals surface area contributed by atoms with Crippen LogP contribution in [-0.4, -0.2) is 37.0 Å². The summed E-state index contributed by atoms with van der Waals surface area (Å²) in [5.41, 5.74) is 5.14.